The molecule has 0 radical (unpaired) electrons. The van der Waals surface area contributed by atoms with Crippen LogP contribution in [0, 0.1) is 0 Å². The molecule has 0 N–H and O–H groups in total. The quantitative estimate of drug-likeness (QED) is 0.779. The number of nitrogens with zero attached hydrogens (tertiary/aromatic N) is 3. The Morgan fingerprint density at radius 3 is 3.00 bits per heavy atom. The van der Waals surface area contributed by atoms with Crippen molar-refractivity contribution in [3.8, 4) is 0 Å². The lowest BCUT2D eigenvalue weighted by molar-refractivity contribution is 0.0525. The Morgan fingerprint density at radius 2 is 2.27 bits per heavy atom. The van der Waals surface area contributed by atoms with Crippen LogP contribution in [0.2, 0.25) is 0 Å². The van der Waals surface area contributed by atoms with Crippen LogP contribution in [0.5, 0.6) is 0 Å². The van der Waals surface area contributed by atoms with Crippen molar-refractivity contribution in [2.75, 3.05) is 6.61 Å². The standard InChI is InChI=1S/C9H8BrN3O2/c1-2-15-8(14)6-3-11-9-12-4-7(10)13(9)5-6/h3-5H,2H2,1H3. The van der Waals surface area contributed by atoms with E-state index in [4.69, 9.17) is 4.74 Å². The number of ether oxygens (including phenoxy) is 1. The van der Waals surface area contributed by atoms with Crippen LogP contribution in [0.3, 0.4) is 0 Å². The SMILES string of the molecule is CCOC(=O)c1cnc2ncc(Br)n2c1. The minimum Gasteiger partial charge on any atom is -0.462 e. The highest BCUT2D eigenvalue weighted by molar-refractivity contribution is 9.10. The second-order valence-electron chi connectivity index (χ2n) is 2.81. The smallest absolute Gasteiger partial charge is 0.341 e. The molecule has 0 saturated heterocycles. The van der Waals surface area contributed by atoms with Crippen LogP contribution in [0.4, 0.5) is 0 Å². The number of carbonyl (C=O) groups excluding carboxylic acids is 1. The molecule has 0 atom stereocenters. The van der Waals surface area contributed by atoms with Crippen LogP contribution < -0.4 is 0 Å². The third-order valence-electron chi connectivity index (χ3n) is 1.83. The zero-order valence-corrected chi connectivity index (χ0v) is 9.56. The van der Waals surface area contributed by atoms with Crippen molar-refractivity contribution in [2.45, 2.75) is 6.92 Å². The van der Waals surface area contributed by atoms with Gasteiger partial charge in [0.1, 0.15) is 4.60 Å². The van der Waals surface area contributed by atoms with Crippen LogP contribution in [0.1, 0.15) is 17.3 Å². The lowest BCUT2D eigenvalue weighted by Crippen LogP contribution is -2.06. The van der Waals surface area contributed by atoms with Crippen molar-refractivity contribution in [3.05, 3.63) is 28.8 Å². The van der Waals surface area contributed by atoms with E-state index < -0.39 is 0 Å². The fourth-order valence-electron chi connectivity index (χ4n) is 1.17. The summed E-state index contributed by atoms with van der Waals surface area (Å²) in [5.74, 6) is 0.155. The van der Waals surface area contributed by atoms with Crippen molar-refractivity contribution < 1.29 is 9.53 Å². The molecule has 0 spiro atoms. The van der Waals surface area contributed by atoms with Crippen molar-refractivity contribution in [1.82, 2.24) is 14.4 Å². The maximum atomic E-state index is 11.4. The fourth-order valence-corrected chi connectivity index (χ4v) is 1.53. The summed E-state index contributed by atoms with van der Waals surface area (Å²) < 4.78 is 7.28. The second-order valence-corrected chi connectivity index (χ2v) is 3.63. The van der Waals surface area contributed by atoms with E-state index in [0.29, 0.717) is 17.9 Å². The van der Waals surface area contributed by atoms with Crippen LogP contribution in [-0.4, -0.2) is 26.9 Å². The zero-order valence-electron chi connectivity index (χ0n) is 7.98. The van der Waals surface area contributed by atoms with E-state index in [-0.39, 0.29) is 5.97 Å². The zero-order chi connectivity index (χ0) is 10.8. The molecule has 2 rings (SSSR count). The molecule has 0 aliphatic heterocycles. The number of halogens is 1. The Morgan fingerprint density at radius 1 is 1.53 bits per heavy atom. The highest BCUT2D eigenvalue weighted by Gasteiger charge is 2.09. The summed E-state index contributed by atoms with van der Waals surface area (Å²) in [4.78, 5) is 19.5. The Bertz CT molecular complexity index is 509. The van der Waals surface area contributed by atoms with E-state index in [1.165, 1.54) is 6.20 Å². The molecule has 0 saturated carbocycles. The molecule has 2 aromatic rings. The molecule has 78 valence electrons. The van der Waals surface area contributed by atoms with E-state index >= 15 is 0 Å². The molecule has 6 heteroatoms. The van der Waals surface area contributed by atoms with Gasteiger partial charge < -0.3 is 4.74 Å². The molecule has 0 unspecified atom stereocenters. The number of fused-ring (bicyclic) bond motifs is 1. The highest BCUT2D eigenvalue weighted by Crippen LogP contribution is 2.12. The summed E-state index contributed by atoms with van der Waals surface area (Å²) in [6.45, 7) is 2.11. The molecule has 0 bridgehead atoms. The van der Waals surface area contributed by atoms with Gasteiger partial charge in [-0.15, -0.1) is 0 Å². The summed E-state index contributed by atoms with van der Waals surface area (Å²) >= 11 is 3.30. The Hall–Kier alpha value is -1.43. The van der Waals surface area contributed by atoms with Gasteiger partial charge in [-0.1, -0.05) is 0 Å². The molecule has 0 aromatic carbocycles. The minimum absolute atomic E-state index is 0.349. The van der Waals surface area contributed by atoms with E-state index in [0.717, 1.165) is 4.60 Å². The fraction of sp³-hybridized carbons (Fsp3) is 0.222. The van der Waals surface area contributed by atoms with E-state index in [9.17, 15) is 4.79 Å². The maximum absolute atomic E-state index is 11.4. The van der Waals surface area contributed by atoms with Gasteiger partial charge in [0.2, 0.25) is 5.78 Å². The average Bonchev–Trinajstić information content (AvgIpc) is 2.60. The summed E-state index contributed by atoms with van der Waals surface area (Å²) in [5.41, 5.74) is 0.406. The normalized spacial score (nSPS) is 10.5. The first-order valence-corrected chi connectivity index (χ1v) is 5.17. The topological polar surface area (TPSA) is 56.5 Å². The molecular formula is C9H8BrN3O2. The van der Waals surface area contributed by atoms with Gasteiger partial charge in [0.25, 0.3) is 0 Å². The molecular weight excluding hydrogens is 262 g/mol. The Balaban J connectivity index is 2.45. The molecule has 5 nitrogen and oxygen atoms in total. The van der Waals surface area contributed by atoms with Gasteiger partial charge in [0, 0.05) is 12.4 Å². The third-order valence-corrected chi connectivity index (χ3v) is 2.42. The van der Waals surface area contributed by atoms with Crippen LogP contribution in [0.25, 0.3) is 5.78 Å². The van der Waals surface area contributed by atoms with Gasteiger partial charge in [-0.3, -0.25) is 4.40 Å². The monoisotopic (exact) mass is 269 g/mol. The van der Waals surface area contributed by atoms with Crippen molar-refractivity contribution >= 4 is 27.7 Å². The molecule has 2 aromatic heterocycles. The van der Waals surface area contributed by atoms with Crippen LogP contribution in [0.15, 0.2) is 23.2 Å². The first-order valence-electron chi connectivity index (χ1n) is 4.38. The van der Waals surface area contributed by atoms with Crippen LogP contribution >= 0.6 is 15.9 Å². The lowest BCUT2D eigenvalue weighted by Gasteiger charge is -2.01. The second kappa shape index (κ2) is 3.98. The molecule has 0 amide bonds. The molecule has 0 aliphatic rings. The number of carbonyl (C=O) groups is 1. The third kappa shape index (κ3) is 1.85. The number of rotatable bonds is 2. The number of hydrogen-bond donors (Lipinski definition) is 0. The number of esters is 1. The van der Waals surface area contributed by atoms with E-state index in [1.54, 1.807) is 23.7 Å². The Kier molecular flexibility index (Phi) is 2.68. The van der Waals surface area contributed by atoms with Gasteiger partial charge in [0.05, 0.1) is 18.4 Å². The number of imidazole rings is 1. The summed E-state index contributed by atoms with van der Waals surface area (Å²) in [6, 6.07) is 0. The first-order chi connectivity index (χ1) is 7.22. The van der Waals surface area contributed by atoms with Gasteiger partial charge in [0.15, 0.2) is 0 Å². The number of hydrogen-bond acceptors (Lipinski definition) is 4. The van der Waals surface area contributed by atoms with Crippen molar-refractivity contribution in [2.24, 2.45) is 0 Å². The predicted molar refractivity (Wildman–Crippen MR) is 56.6 cm³/mol. The van der Waals surface area contributed by atoms with Crippen LogP contribution in [-0.2, 0) is 4.74 Å². The van der Waals surface area contributed by atoms with Gasteiger partial charge in [-0.05, 0) is 22.9 Å². The van der Waals surface area contributed by atoms with Gasteiger partial charge >= 0.3 is 5.97 Å². The summed E-state index contributed by atoms with van der Waals surface area (Å²) in [5, 5.41) is 0. The molecule has 15 heavy (non-hydrogen) atoms. The lowest BCUT2D eigenvalue weighted by atomic mass is 10.3. The molecule has 0 aliphatic carbocycles. The highest BCUT2D eigenvalue weighted by atomic mass is 79.9. The summed E-state index contributed by atoms with van der Waals surface area (Å²) in [6.07, 6.45) is 4.71. The molecule has 0 fully saturated rings. The maximum Gasteiger partial charge on any atom is 0.341 e. The first kappa shape index (κ1) is 10.1. The Labute approximate surface area is 94.2 Å². The van der Waals surface area contributed by atoms with Crippen molar-refractivity contribution in [3.63, 3.8) is 0 Å². The predicted octanol–water partition coefficient (Wildman–Crippen LogP) is 1.67. The minimum atomic E-state index is -0.382. The summed E-state index contributed by atoms with van der Waals surface area (Å²) in [7, 11) is 0. The van der Waals surface area contributed by atoms with Gasteiger partial charge in [-0.25, -0.2) is 14.8 Å². The van der Waals surface area contributed by atoms with Crippen molar-refractivity contribution in [1.29, 1.82) is 0 Å². The van der Waals surface area contributed by atoms with E-state index in [1.807, 2.05) is 0 Å². The van der Waals surface area contributed by atoms with Gasteiger partial charge in [-0.2, -0.15) is 0 Å². The largest absolute Gasteiger partial charge is 0.462 e. The average molecular weight is 270 g/mol. The van der Waals surface area contributed by atoms with E-state index in [2.05, 4.69) is 25.9 Å². The number of aromatic nitrogens is 3. The molecule has 2 heterocycles.